The molecule has 0 aromatic heterocycles. The molecule has 0 spiro atoms. The quantitative estimate of drug-likeness (QED) is 0.918. The smallest absolute Gasteiger partial charge is 0.0366 e. The van der Waals surface area contributed by atoms with Gasteiger partial charge in [0.05, 0.1) is 0 Å². The molecule has 2 fully saturated rings. The van der Waals surface area contributed by atoms with Crippen molar-refractivity contribution in [3.63, 3.8) is 0 Å². The molecule has 21 heavy (non-hydrogen) atoms. The van der Waals surface area contributed by atoms with Crippen molar-refractivity contribution in [2.45, 2.75) is 44.7 Å². The van der Waals surface area contributed by atoms with Crippen LogP contribution in [0.4, 0.5) is 5.69 Å². The summed E-state index contributed by atoms with van der Waals surface area (Å²) in [4.78, 5) is 5.09. The van der Waals surface area contributed by atoms with Crippen molar-refractivity contribution >= 4 is 5.69 Å². The van der Waals surface area contributed by atoms with Gasteiger partial charge in [-0.25, -0.2) is 0 Å². The summed E-state index contributed by atoms with van der Waals surface area (Å²) in [6.45, 7) is 8.41. The third-order valence-corrected chi connectivity index (χ3v) is 5.12. The molecular weight excluding hydrogens is 258 g/mol. The van der Waals surface area contributed by atoms with Gasteiger partial charge in [0, 0.05) is 30.9 Å². The van der Waals surface area contributed by atoms with Gasteiger partial charge in [-0.1, -0.05) is 25.1 Å². The molecule has 116 valence electrons. The van der Waals surface area contributed by atoms with Crippen LogP contribution in [0.5, 0.6) is 0 Å². The maximum Gasteiger partial charge on any atom is 0.0366 e. The number of likely N-dealkylation sites (tertiary alicyclic amines) is 1. The lowest BCUT2D eigenvalue weighted by atomic mass is 9.99. The standard InChI is InChI=1S/C18H29N3/c1-2-20-12-8-16(9-13-20)19-17-10-14-21(15-11-17)18-6-4-3-5-7-18/h3-7,16-17,19H,2,8-15H2,1H3. The second-order valence-corrected chi connectivity index (χ2v) is 6.47. The Kier molecular flexibility index (Phi) is 5.15. The summed E-state index contributed by atoms with van der Waals surface area (Å²) in [6, 6.07) is 12.3. The Morgan fingerprint density at radius 1 is 0.905 bits per heavy atom. The van der Waals surface area contributed by atoms with E-state index in [1.54, 1.807) is 0 Å². The van der Waals surface area contributed by atoms with E-state index >= 15 is 0 Å². The third-order valence-electron chi connectivity index (χ3n) is 5.12. The van der Waals surface area contributed by atoms with Crippen molar-refractivity contribution in [2.24, 2.45) is 0 Å². The van der Waals surface area contributed by atoms with Crippen molar-refractivity contribution in [3.05, 3.63) is 30.3 Å². The fourth-order valence-electron chi connectivity index (χ4n) is 3.69. The Balaban J connectivity index is 1.42. The molecule has 0 amide bonds. The van der Waals surface area contributed by atoms with E-state index in [-0.39, 0.29) is 0 Å². The van der Waals surface area contributed by atoms with Crippen LogP contribution in [-0.2, 0) is 0 Å². The Bertz CT molecular complexity index is 404. The van der Waals surface area contributed by atoms with Crippen LogP contribution in [0.1, 0.15) is 32.6 Å². The summed E-state index contributed by atoms with van der Waals surface area (Å²) in [5.41, 5.74) is 1.38. The Morgan fingerprint density at radius 2 is 1.48 bits per heavy atom. The van der Waals surface area contributed by atoms with E-state index in [0.29, 0.717) is 0 Å². The fourth-order valence-corrected chi connectivity index (χ4v) is 3.69. The molecule has 0 bridgehead atoms. The maximum absolute atomic E-state index is 3.92. The molecule has 3 nitrogen and oxygen atoms in total. The van der Waals surface area contributed by atoms with E-state index in [2.05, 4.69) is 52.4 Å². The first-order valence-corrected chi connectivity index (χ1v) is 8.63. The normalized spacial score (nSPS) is 22.6. The number of hydrogen-bond acceptors (Lipinski definition) is 3. The molecule has 0 atom stereocenters. The molecule has 3 rings (SSSR count). The number of rotatable bonds is 4. The zero-order chi connectivity index (χ0) is 14.5. The second-order valence-electron chi connectivity index (χ2n) is 6.47. The van der Waals surface area contributed by atoms with E-state index in [1.165, 1.54) is 64.1 Å². The number of benzene rings is 1. The third kappa shape index (κ3) is 3.98. The Morgan fingerprint density at radius 3 is 2.05 bits per heavy atom. The largest absolute Gasteiger partial charge is 0.371 e. The van der Waals surface area contributed by atoms with Crippen molar-refractivity contribution in [3.8, 4) is 0 Å². The zero-order valence-corrected chi connectivity index (χ0v) is 13.3. The summed E-state index contributed by atoms with van der Waals surface area (Å²) in [6.07, 6.45) is 5.21. The maximum atomic E-state index is 3.92. The number of para-hydroxylation sites is 1. The molecule has 2 heterocycles. The van der Waals surface area contributed by atoms with Gasteiger partial charge in [0.25, 0.3) is 0 Å². The first-order chi connectivity index (χ1) is 10.3. The van der Waals surface area contributed by atoms with E-state index < -0.39 is 0 Å². The molecule has 0 radical (unpaired) electrons. The average molecular weight is 287 g/mol. The van der Waals surface area contributed by atoms with Crippen LogP contribution in [0.25, 0.3) is 0 Å². The SMILES string of the molecule is CCN1CCC(NC2CCN(c3ccccc3)CC2)CC1. The summed E-state index contributed by atoms with van der Waals surface area (Å²) >= 11 is 0. The van der Waals surface area contributed by atoms with Gasteiger partial charge >= 0.3 is 0 Å². The minimum absolute atomic E-state index is 0.725. The molecule has 0 unspecified atom stereocenters. The van der Waals surface area contributed by atoms with Gasteiger partial charge in [0.1, 0.15) is 0 Å². The second kappa shape index (κ2) is 7.28. The van der Waals surface area contributed by atoms with Gasteiger partial charge in [-0.05, 0) is 57.5 Å². The van der Waals surface area contributed by atoms with Crippen molar-refractivity contribution in [1.29, 1.82) is 0 Å². The lowest BCUT2D eigenvalue weighted by Gasteiger charge is -2.38. The van der Waals surface area contributed by atoms with Gasteiger partial charge < -0.3 is 15.1 Å². The van der Waals surface area contributed by atoms with Crippen molar-refractivity contribution < 1.29 is 0 Å². The first-order valence-electron chi connectivity index (χ1n) is 8.63. The predicted octanol–water partition coefficient (Wildman–Crippen LogP) is 2.73. The summed E-state index contributed by atoms with van der Waals surface area (Å²) in [7, 11) is 0. The molecule has 1 aromatic rings. The molecular formula is C18H29N3. The molecule has 2 aliphatic rings. The number of anilines is 1. The van der Waals surface area contributed by atoms with Crippen molar-refractivity contribution in [1.82, 2.24) is 10.2 Å². The predicted molar refractivity (Wildman–Crippen MR) is 89.9 cm³/mol. The molecule has 1 aromatic carbocycles. The number of piperidine rings is 2. The lowest BCUT2D eigenvalue weighted by Crippen LogP contribution is -2.49. The summed E-state index contributed by atoms with van der Waals surface area (Å²) in [5.74, 6) is 0. The van der Waals surface area contributed by atoms with Crippen LogP contribution in [-0.4, -0.2) is 49.7 Å². The van der Waals surface area contributed by atoms with Crippen LogP contribution in [0.2, 0.25) is 0 Å². The average Bonchev–Trinajstić information content (AvgIpc) is 2.57. The van der Waals surface area contributed by atoms with Crippen LogP contribution in [0.15, 0.2) is 30.3 Å². The Labute approximate surface area is 129 Å². The molecule has 2 aliphatic heterocycles. The lowest BCUT2D eigenvalue weighted by molar-refractivity contribution is 0.194. The number of hydrogen-bond donors (Lipinski definition) is 1. The van der Waals surface area contributed by atoms with Gasteiger partial charge in [0.15, 0.2) is 0 Å². The summed E-state index contributed by atoms with van der Waals surface area (Å²) < 4.78 is 0. The van der Waals surface area contributed by atoms with Crippen LogP contribution in [0, 0.1) is 0 Å². The van der Waals surface area contributed by atoms with Gasteiger partial charge in [-0.3, -0.25) is 0 Å². The topological polar surface area (TPSA) is 18.5 Å². The molecule has 1 N–H and O–H groups in total. The molecule has 3 heteroatoms. The summed E-state index contributed by atoms with van der Waals surface area (Å²) in [5, 5.41) is 3.92. The number of nitrogens with one attached hydrogen (secondary N) is 1. The highest BCUT2D eigenvalue weighted by Gasteiger charge is 2.24. The molecule has 0 saturated carbocycles. The monoisotopic (exact) mass is 287 g/mol. The van der Waals surface area contributed by atoms with E-state index in [4.69, 9.17) is 0 Å². The minimum atomic E-state index is 0.725. The highest BCUT2D eigenvalue weighted by atomic mass is 15.2. The fraction of sp³-hybridized carbons (Fsp3) is 0.667. The van der Waals surface area contributed by atoms with Gasteiger partial charge in [-0.2, -0.15) is 0 Å². The van der Waals surface area contributed by atoms with E-state index in [0.717, 1.165) is 12.1 Å². The minimum Gasteiger partial charge on any atom is -0.371 e. The van der Waals surface area contributed by atoms with Gasteiger partial charge in [-0.15, -0.1) is 0 Å². The highest BCUT2D eigenvalue weighted by molar-refractivity contribution is 5.46. The first kappa shape index (κ1) is 14.9. The van der Waals surface area contributed by atoms with Crippen LogP contribution in [0.3, 0.4) is 0 Å². The van der Waals surface area contributed by atoms with Crippen molar-refractivity contribution in [2.75, 3.05) is 37.6 Å². The van der Waals surface area contributed by atoms with E-state index in [9.17, 15) is 0 Å². The van der Waals surface area contributed by atoms with Crippen LogP contribution < -0.4 is 10.2 Å². The Hall–Kier alpha value is -1.06. The zero-order valence-electron chi connectivity index (χ0n) is 13.3. The molecule has 0 aliphatic carbocycles. The molecule has 2 saturated heterocycles. The van der Waals surface area contributed by atoms with E-state index in [1.807, 2.05) is 0 Å². The van der Waals surface area contributed by atoms with Gasteiger partial charge in [0.2, 0.25) is 0 Å². The van der Waals surface area contributed by atoms with Crippen LogP contribution >= 0.6 is 0 Å². The highest BCUT2D eigenvalue weighted by Crippen LogP contribution is 2.20. The number of nitrogens with zero attached hydrogens (tertiary/aromatic N) is 2.